The molecule has 6 nitrogen and oxygen atoms in total. The maximum Gasteiger partial charge on any atom is 0.277 e. The zero-order valence-electron chi connectivity index (χ0n) is 19.8. The Morgan fingerprint density at radius 1 is 0.853 bits per heavy atom. The highest BCUT2D eigenvalue weighted by Crippen LogP contribution is 2.40. The summed E-state index contributed by atoms with van der Waals surface area (Å²) in [5.74, 6) is -0.0721. The largest absolute Gasteiger partial charge is 0.506 e. The van der Waals surface area contributed by atoms with Crippen molar-refractivity contribution < 1.29 is 19.4 Å². The highest BCUT2D eigenvalue weighted by Gasteiger charge is 2.26. The summed E-state index contributed by atoms with van der Waals surface area (Å²) in [5, 5.41) is 11.9. The number of carbonyl (C=O) groups is 2. The molecule has 0 aliphatic carbocycles. The molecule has 34 heavy (non-hydrogen) atoms. The van der Waals surface area contributed by atoms with Crippen LogP contribution in [-0.4, -0.2) is 16.9 Å². The van der Waals surface area contributed by atoms with Gasteiger partial charge in [-0.05, 0) is 55.2 Å². The Bertz CT molecular complexity index is 1100. The molecule has 0 bridgehead atoms. The number of hydrazine groups is 1. The Morgan fingerprint density at radius 3 is 2.29 bits per heavy atom. The predicted octanol–water partition coefficient (Wildman–Crippen LogP) is 6.40. The van der Waals surface area contributed by atoms with Crippen LogP contribution in [0.15, 0.2) is 72.8 Å². The van der Waals surface area contributed by atoms with Crippen LogP contribution in [0.4, 0.5) is 5.69 Å². The van der Waals surface area contributed by atoms with Crippen molar-refractivity contribution in [1.29, 1.82) is 0 Å². The maximum absolute atomic E-state index is 13.4. The van der Waals surface area contributed by atoms with Gasteiger partial charge in [-0.25, -0.2) is 5.01 Å². The van der Waals surface area contributed by atoms with E-state index in [0.29, 0.717) is 17.7 Å². The number of amides is 2. The van der Waals surface area contributed by atoms with E-state index in [1.54, 1.807) is 42.5 Å². The average Bonchev–Trinajstić information content (AvgIpc) is 2.84. The number of hydrogen-bond acceptors (Lipinski definition) is 4. The fourth-order valence-electron chi connectivity index (χ4n) is 3.64. The molecule has 0 fully saturated rings. The Hall–Kier alpha value is -3.80. The molecule has 0 atom stereocenters. The van der Waals surface area contributed by atoms with Crippen molar-refractivity contribution in [2.24, 2.45) is 0 Å². The number of aryl methyl sites for hydroxylation is 1. The van der Waals surface area contributed by atoms with Crippen molar-refractivity contribution in [2.75, 3.05) is 5.01 Å². The first-order valence-electron chi connectivity index (χ1n) is 11.8. The molecular formula is C28H32N2O4. The lowest BCUT2D eigenvalue weighted by atomic mass is 10.1. The maximum atomic E-state index is 13.4. The molecule has 0 heterocycles. The standard InChI is InChI=1S/C28H32N2O4/c1-3-5-7-14-21-15-10-11-19-24(21)34-25-20-12-18-23(31)27(25)30(29-26(32)13-4-2)28(33)22-16-8-6-9-17-22/h6,8-12,15-20,31H,3-5,7,13-14H2,1-2H3,(H,29,32). The number of nitrogens with one attached hydrogen (secondary N) is 1. The van der Waals surface area contributed by atoms with Crippen LogP contribution in [0.25, 0.3) is 0 Å². The molecule has 2 N–H and O–H groups in total. The summed E-state index contributed by atoms with van der Waals surface area (Å²) in [6, 6.07) is 21.1. The first-order chi connectivity index (χ1) is 16.5. The lowest BCUT2D eigenvalue weighted by molar-refractivity contribution is -0.121. The minimum absolute atomic E-state index is 0.0872. The van der Waals surface area contributed by atoms with Gasteiger partial charge in [0.1, 0.15) is 11.5 Å². The molecule has 3 aromatic carbocycles. The minimum atomic E-state index is -0.479. The van der Waals surface area contributed by atoms with Crippen molar-refractivity contribution in [3.63, 3.8) is 0 Å². The fraction of sp³-hybridized carbons (Fsp3) is 0.286. The molecule has 178 valence electrons. The molecule has 3 aromatic rings. The molecule has 6 heteroatoms. The van der Waals surface area contributed by atoms with Gasteiger partial charge in [0.25, 0.3) is 5.91 Å². The second-order valence-electron chi connectivity index (χ2n) is 8.08. The third-order valence-corrected chi connectivity index (χ3v) is 5.38. The number of anilines is 1. The van der Waals surface area contributed by atoms with Gasteiger partial charge >= 0.3 is 0 Å². The SMILES string of the molecule is CCCCCc1ccccc1Oc1cccc(O)c1N(NC(=O)CCC)C(=O)c1ccccc1. The number of benzene rings is 3. The van der Waals surface area contributed by atoms with E-state index in [-0.39, 0.29) is 29.5 Å². The summed E-state index contributed by atoms with van der Waals surface area (Å²) < 4.78 is 6.26. The number of aromatic hydroxyl groups is 1. The van der Waals surface area contributed by atoms with Crippen LogP contribution in [0.5, 0.6) is 17.2 Å². The van der Waals surface area contributed by atoms with E-state index in [9.17, 15) is 14.7 Å². The van der Waals surface area contributed by atoms with Gasteiger partial charge < -0.3 is 9.84 Å². The smallest absolute Gasteiger partial charge is 0.277 e. The molecule has 0 saturated carbocycles. The molecule has 0 aromatic heterocycles. The van der Waals surface area contributed by atoms with E-state index < -0.39 is 5.91 Å². The van der Waals surface area contributed by atoms with Crippen LogP contribution >= 0.6 is 0 Å². The summed E-state index contributed by atoms with van der Waals surface area (Å²) in [7, 11) is 0. The average molecular weight is 461 g/mol. The van der Waals surface area contributed by atoms with Crippen molar-refractivity contribution in [3.8, 4) is 17.2 Å². The zero-order chi connectivity index (χ0) is 24.3. The Kier molecular flexibility index (Phi) is 9.09. The monoisotopic (exact) mass is 460 g/mol. The van der Waals surface area contributed by atoms with E-state index in [2.05, 4.69) is 12.3 Å². The van der Waals surface area contributed by atoms with E-state index in [0.717, 1.165) is 36.3 Å². The Morgan fingerprint density at radius 2 is 1.56 bits per heavy atom. The van der Waals surface area contributed by atoms with Crippen molar-refractivity contribution in [3.05, 3.63) is 83.9 Å². The third kappa shape index (κ3) is 6.38. The fourth-order valence-corrected chi connectivity index (χ4v) is 3.64. The number of carbonyl (C=O) groups excluding carboxylic acids is 2. The first kappa shape index (κ1) is 24.8. The number of ether oxygens (including phenoxy) is 1. The Labute approximate surface area is 201 Å². The van der Waals surface area contributed by atoms with Gasteiger partial charge in [-0.1, -0.05) is 69.2 Å². The molecular weight excluding hydrogens is 428 g/mol. The second-order valence-corrected chi connectivity index (χ2v) is 8.08. The number of hydrogen-bond donors (Lipinski definition) is 2. The normalized spacial score (nSPS) is 10.5. The van der Waals surface area contributed by atoms with Gasteiger partial charge in [-0.15, -0.1) is 0 Å². The summed E-state index contributed by atoms with van der Waals surface area (Å²) in [4.78, 5) is 25.9. The number of phenols is 1. The summed E-state index contributed by atoms with van der Waals surface area (Å²) in [6.45, 7) is 4.04. The van der Waals surface area contributed by atoms with Crippen LogP contribution in [0.2, 0.25) is 0 Å². The molecule has 0 spiro atoms. The van der Waals surface area contributed by atoms with Crippen LogP contribution in [0.3, 0.4) is 0 Å². The van der Waals surface area contributed by atoms with Gasteiger partial charge in [-0.2, -0.15) is 0 Å². The Balaban J connectivity index is 2.01. The van der Waals surface area contributed by atoms with Gasteiger partial charge in [-0.3, -0.25) is 15.0 Å². The number of unbranched alkanes of at least 4 members (excludes halogenated alkanes) is 2. The van der Waals surface area contributed by atoms with Gasteiger partial charge in [0.2, 0.25) is 5.91 Å². The number of para-hydroxylation sites is 2. The minimum Gasteiger partial charge on any atom is -0.506 e. The zero-order valence-corrected chi connectivity index (χ0v) is 19.8. The molecule has 0 aliphatic heterocycles. The van der Waals surface area contributed by atoms with Crippen LogP contribution < -0.4 is 15.2 Å². The molecule has 3 rings (SSSR count). The van der Waals surface area contributed by atoms with Crippen molar-refractivity contribution >= 4 is 17.5 Å². The van der Waals surface area contributed by atoms with Crippen molar-refractivity contribution in [2.45, 2.75) is 52.4 Å². The highest BCUT2D eigenvalue weighted by atomic mass is 16.5. The topological polar surface area (TPSA) is 78.9 Å². The lowest BCUT2D eigenvalue weighted by Gasteiger charge is -2.26. The van der Waals surface area contributed by atoms with E-state index in [1.165, 1.54) is 6.07 Å². The van der Waals surface area contributed by atoms with Crippen molar-refractivity contribution in [1.82, 2.24) is 5.43 Å². The third-order valence-electron chi connectivity index (χ3n) is 5.38. The van der Waals surface area contributed by atoms with Gasteiger partial charge in [0.05, 0.1) is 0 Å². The molecule has 2 amide bonds. The first-order valence-corrected chi connectivity index (χ1v) is 11.8. The predicted molar refractivity (Wildman–Crippen MR) is 134 cm³/mol. The van der Waals surface area contributed by atoms with E-state index in [1.807, 2.05) is 31.2 Å². The number of rotatable bonds is 10. The highest BCUT2D eigenvalue weighted by molar-refractivity contribution is 6.08. The summed E-state index contributed by atoms with van der Waals surface area (Å²) in [5.41, 5.74) is 4.16. The van der Waals surface area contributed by atoms with Gasteiger partial charge in [0.15, 0.2) is 11.4 Å². The van der Waals surface area contributed by atoms with Gasteiger partial charge in [0, 0.05) is 12.0 Å². The van der Waals surface area contributed by atoms with Crippen LogP contribution in [0.1, 0.15) is 61.9 Å². The molecule has 0 aliphatic rings. The van der Waals surface area contributed by atoms with E-state index >= 15 is 0 Å². The quantitative estimate of drug-likeness (QED) is 0.271. The van der Waals surface area contributed by atoms with Crippen LogP contribution in [0, 0.1) is 0 Å². The second kappa shape index (κ2) is 12.4. The van der Waals surface area contributed by atoms with Crippen LogP contribution in [-0.2, 0) is 11.2 Å². The number of phenolic OH excluding ortho intramolecular Hbond substituents is 1. The lowest BCUT2D eigenvalue weighted by Crippen LogP contribution is -2.46. The summed E-state index contributed by atoms with van der Waals surface area (Å²) in [6.07, 6.45) is 4.99. The molecule has 0 unspecified atom stereocenters. The molecule has 0 radical (unpaired) electrons. The molecule has 0 saturated heterocycles. The number of nitrogens with zero attached hydrogens (tertiary/aromatic N) is 1. The summed E-state index contributed by atoms with van der Waals surface area (Å²) >= 11 is 0. The van der Waals surface area contributed by atoms with E-state index in [4.69, 9.17) is 4.74 Å².